The summed E-state index contributed by atoms with van der Waals surface area (Å²) in [7, 11) is 1.95. The van der Waals surface area contributed by atoms with E-state index in [0.717, 1.165) is 39.8 Å². The zero-order chi connectivity index (χ0) is 22.1. The third-order valence-electron chi connectivity index (χ3n) is 5.26. The Morgan fingerprint density at radius 2 is 1.88 bits per heavy atom. The number of fused-ring (bicyclic) bond motifs is 1. The maximum Gasteiger partial charge on any atom is 0.155 e. The molecule has 0 aliphatic carbocycles. The van der Waals surface area contributed by atoms with Crippen molar-refractivity contribution in [2.75, 3.05) is 7.05 Å². The predicted octanol–water partition coefficient (Wildman–Crippen LogP) is 4.26. The summed E-state index contributed by atoms with van der Waals surface area (Å²) < 4.78 is 15.8. The normalized spacial score (nSPS) is 11.5. The molecule has 0 amide bonds. The molecule has 0 radical (unpaired) electrons. The van der Waals surface area contributed by atoms with Gasteiger partial charge in [0.05, 0.1) is 17.9 Å². The number of nitrogens with zero attached hydrogens (tertiary/aromatic N) is 6. The van der Waals surface area contributed by atoms with Gasteiger partial charge in [-0.3, -0.25) is 9.88 Å². The topological polar surface area (TPSA) is 75.0 Å². The number of aromatic amines is 1. The third-order valence-corrected chi connectivity index (χ3v) is 5.26. The molecule has 0 spiro atoms. The van der Waals surface area contributed by atoms with Crippen molar-refractivity contribution in [2.45, 2.75) is 20.0 Å². The fourth-order valence-corrected chi connectivity index (χ4v) is 3.76. The van der Waals surface area contributed by atoms with Gasteiger partial charge in [0.1, 0.15) is 23.7 Å². The molecule has 1 N–H and O–H groups in total. The molecule has 0 saturated heterocycles. The van der Waals surface area contributed by atoms with Gasteiger partial charge in [0.2, 0.25) is 0 Å². The van der Waals surface area contributed by atoms with Crippen molar-refractivity contribution < 1.29 is 4.39 Å². The van der Waals surface area contributed by atoms with E-state index in [0.29, 0.717) is 18.7 Å². The summed E-state index contributed by atoms with van der Waals surface area (Å²) in [6.45, 7) is 2.96. The molecule has 4 heterocycles. The Hall–Kier alpha value is -3.91. The first-order valence-corrected chi connectivity index (χ1v) is 10.3. The highest BCUT2D eigenvalue weighted by Gasteiger charge is 2.17. The summed E-state index contributed by atoms with van der Waals surface area (Å²) in [6.07, 6.45) is 3.44. The minimum Gasteiger partial charge on any atom is -0.340 e. The summed E-state index contributed by atoms with van der Waals surface area (Å²) in [4.78, 5) is 19.2. The standard InChI is InChI=1S/C24H22FN7/c1-16-6-5-9-20(28-16)24-23(18-10-11-22-26-15-27-32(22)13-18)29-21(30-24)14-31(2)12-17-7-3-4-8-19(17)25/h3-11,13,15H,12,14H2,1-2H3,(H,29,30). The molecule has 0 atom stereocenters. The van der Waals surface area contributed by atoms with Crippen LogP contribution in [0.15, 0.2) is 67.1 Å². The second kappa shape index (κ2) is 8.32. The lowest BCUT2D eigenvalue weighted by molar-refractivity contribution is 0.306. The number of nitrogens with one attached hydrogen (secondary N) is 1. The van der Waals surface area contributed by atoms with E-state index in [9.17, 15) is 4.39 Å². The molecule has 0 bridgehead atoms. The van der Waals surface area contributed by atoms with Crippen LogP contribution in [0.25, 0.3) is 28.3 Å². The molecule has 0 aliphatic heterocycles. The van der Waals surface area contributed by atoms with Gasteiger partial charge in [-0.05, 0) is 44.3 Å². The molecule has 4 aromatic heterocycles. The molecule has 160 valence electrons. The lowest BCUT2D eigenvalue weighted by atomic mass is 10.1. The molecular formula is C24H22FN7. The minimum atomic E-state index is -0.203. The fourth-order valence-electron chi connectivity index (χ4n) is 3.76. The van der Waals surface area contributed by atoms with Crippen LogP contribution >= 0.6 is 0 Å². The first-order valence-electron chi connectivity index (χ1n) is 10.3. The maximum atomic E-state index is 14.1. The molecule has 0 saturated carbocycles. The van der Waals surface area contributed by atoms with Crippen LogP contribution in [-0.2, 0) is 13.1 Å². The summed E-state index contributed by atoms with van der Waals surface area (Å²) in [6, 6.07) is 16.6. The van der Waals surface area contributed by atoms with Crippen LogP contribution in [0.4, 0.5) is 4.39 Å². The Balaban J connectivity index is 1.51. The molecular weight excluding hydrogens is 405 g/mol. The molecule has 5 aromatic rings. The zero-order valence-corrected chi connectivity index (χ0v) is 17.8. The van der Waals surface area contributed by atoms with Crippen molar-refractivity contribution in [3.05, 3.63) is 90.0 Å². The van der Waals surface area contributed by atoms with Crippen LogP contribution in [0.3, 0.4) is 0 Å². The number of pyridine rings is 2. The number of aryl methyl sites for hydroxylation is 1. The van der Waals surface area contributed by atoms with Crippen molar-refractivity contribution in [1.82, 2.24) is 34.4 Å². The lowest BCUT2D eigenvalue weighted by Crippen LogP contribution is -2.18. The molecule has 5 rings (SSSR count). The zero-order valence-electron chi connectivity index (χ0n) is 17.8. The number of hydrogen-bond donors (Lipinski definition) is 1. The third kappa shape index (κ3) is 4.00. The van der Waals surface area contributed by atoms with Gasteiger partial charge in [0, 0.05) is 29.6 Å². The Morgan fingerprint density at radius 1 is 1.00 bits per heavy atom. The lowest BCUT2D eigenvalue weighted by Gasteiger charge is -2.15. The van der Waals surface area contributed by atoms with E-state index in [2.05, 4.69) is 20.1 Å². The van der Waals surface area contributed by atoms with Crippen LogP contribution in [-0.4, -0.2) is 41.5 Å². The van der Waals surface area contributed by atoms with Gasteiger partial charge in [0.25, 0.3) is 0 Å². The van der Waals surface area contributed by atoms with Crippen LogP contribution in [0.1, 0.15) is 17.1 Å². The van der Waals surface area contributed by atoms with Crippen LogP contribution in [0.2, 0.25) is 0 Å². The van der Waals surface area contributed by atoms with Gasteiger partial charge >= 0.3 is 0 Å². The average molecular weight is 427 g/mol. The van der Waals surface area contributed by atoms with Crippen molar-refractivity contribution in [3.8, 4) is 22.6 Å². The number of imidazole rings is 1. The monoisotopic (exact) mass is 427 g/mol. The summed E-state index contributed by atoms with van der Waals surface area (Å²) in [5.74, 6) is 0.570. The largest absolute Gasteiger partial charge is 0.340 e. The van der Waals surface area contributed by atoms with Gasteiger partial charge in [-0.15, -0.1) is 0 Å². The minimum absolute atomic E-state index is 0.203. The van der Waals surface area contributed by atoms with Crippen molar-refractivity contribution in [1.29, 1.82) is 0 Å². The first-order chi connectivity index (χ1) is 15.6. The summed E-state index contributed by atoms with van der Waals surface area (Å²) in [5.41, 5.74) is 5.68. The highest BCUT2D eigenvalue weighted by atomic mass is 19.1. The molecule has 0 aliphatic rings. The van der Waals surface area contributed by atoms with Gasteiger partial charge < -0.3 is 4.98 Å². The van der Waals surface area contributed by atoms with Gasteiger partial charge in [-0.25, -0.2) is 18.9 Å². The Kier molecular flexibility index (Phi) is 5.20. The molecule has 0 fully saturated rings. The van der Waals surface area contributed by atoms with Crippen LogP contribution < -0.4 is 0 Å². The van der Waals surface area contributed by atoms with Gasteiger partial charge in [-0.2, -0.15) is 5.10 Å². The van der Waals surface area contributed by atoms with Gasteiger partial charge in [-0.1, -0.05) is 24.3 Å². The van der Waals surface area contributed by atoms with E-state index in [-0.39, 0.29) is 5.82 Å². The second-order valence-electron chi connectivity index (χ2n) is 7.82. The summed E-state index contributed by atoms with van der Waals surface area (Å²) in [5, 5.41) is 4.24. The number of rotatable bonds is 6. The maximum absolute atomic E-state index is 14.1. The number of halogens is 1. The van der Waals surface area contributed by atoms with Crippen molar-refractivity contribution >= 4 is 5.65 Å². The molecule has 32 heavy (non-hydrogen) atoms. The fraction of sp³-hybridized carbons (Fsp3) is 0.167. The van der Waals surface area contributed by atoms with Crippen LogP contribution in [0.5, 0.6) is 0 Å². The van der Waals surface area contributed by atoms with E-state index in [1.807, 2.05) is 61.5 Å². The highest BCUT2D eigenvalue weighted by molar-refractivity contribution is 5.77. The first kappa shape index (κ1) is 20.0. The van der Waals surface area contributed by atoms with E-state index in [4.69, 9.17) is 4.98 Å². The smallest absolute Gasteiger partial charge is 0.155 e. The van der Waals surface area contributed by atoms with Crippen molar-refractivity contribution in [3.63, 3.8) is 0 Å². The SMILES string of the molecule is Cc1cccc(-c2nc(CN(C)Cc3ccccc3F)[nH]c2-c2ccc3ncnn3c2)n1. The van der Waals surface area contributed by atoms with E-state index in [1.54, 1.807) is 16.6 Å². The molecule has 1 aromatic carbocycles. The number of benzene rings is 1. The number of aromatic nitrogens is 6. The molecule has 8 heteroatoms. The van der Waals surface area contributed by atoms with Gasteiger partial charge in [0.15, 0.2) is 5.65 Å². The quantitative estimate of drug-likeness (QED) is 0.438. The van der Waals surface area contributed by atoms with Crippen LogP contribution in [0, 0.1) is 12.7 Å². The Labute approximate surface area is 184 Å². The Morgan fingerprint density at radius 3 is 2.72 bits per heavy atom. The number of H-pyrrole nitrogens is 1. The van der Waals surface area contributed by atoms with E-state index < -0.39 is 0 Å². The Bertz CT molecular complexity index is 1390. The van der Waals surface area contributed by atoms with E-state index >= 15 is 0 Å². The highest BCUT2D eigenvalue weighted by Crippen LogP contribution is 2.29. The number of hydrogen-bond acceptors (Lipinski definition) is 5. The second-order valence-corrected chi connectivity index (χ2v) is 7.82. The molecule has 7 nitrogen and oxygen atoms in total. The van der Waals surface area contributed by atoms with Crippen molar-refractivity contribution in [2.24, 2.45) is 0 Å². The molecule has 0 unspecified atom stereocenters. The van der Waals surface area contributed by atoms with E-state index in [1.165, 1.54) is 12.4 Å². The predicted molar refractivity (Wildman–Crippen MR) is 120 cm³/mol. The summed E-state index contributed by atoms with van der Waals surface area (Å²) >= 11 is 0. The average Bonchev–Trinajstić information content (AvgIpc) is 3.42.